The third kappa shape index (κ3) is 3.89. The molecule has 1 aliphatic heterocycles. The van der Waals surface area contributed by atoms with E-state index in [0.29, 0.717) is 18.9 Å². The quantitative estimate of drug-likeness (QED) is 0.424. The van der Waals surface area contributed by atoms with E-state index >= 15 is 0 Å². The van der Waals surface area contributed by atoms with Gasteiger partial charge in [0.2, 0.25) is 5.91 Å². The molecule has 1 amide bonds. The molecule has 0 saturated carbocycles. The number of aromatic nitrogens is 4. The third-order valence-electron chi connectivity index (χ3n) is 6.59. The molecule has 0 saturated heterocycles. The number of hydrogen-bond acceptors (Lipinski definition) is 4. The molecule has 2 aromatic heterocycles. The van der Waals surface area contributed by atoms with E-state index in [4.69, 9.17) is 5.10 Å². The van der Waals surface area contributed by atoms with Crippen LogP contribution in [0.5, 0.6) is 0 Å². The minimum Gasteiger partial charge on any atom is -0.292 e. The Balaban J connectivity index is 1.72. The van der Waals surface area contributed by atoms with Crippen molar-refractivity contribution < 1.29 is 4.79 Å². The average Bonchev–Trinajstić information content (AvgIpc) is 3.14. The van der Waals surface area contributed by atoms with Gasteiger partial charge in [-0.05, 0) is 57.4 Å². The third-order valence-corrected chi connectivity index (χ3v) is 6.59. The number of anilines is 1. The fourth-order valence-electron chi connectivity index (χ4n) is 4.85. The van der Waals surface area contributed by atoms with Gasteiger partial charge in [-0.15, -0.1) is 0 Å². The maximum Gasteiger partial charge on any atom is 0.252 e. The predicted molar refractivity (Wildman–Crippen MR) is 133 cm³/mol. The van der Waals surface area contributed by atoms with Crippen molar-refractivity contribution in [1.29, 1.82) is 0 Å². The Morgan fingerprint density at radius 2 is 1.59 bits per heavy atom. The van der Waals surface area contributed by atoms with Gasteiger partial charge in [-0.1, -0.05) is 54.1 Å². The summed E-state index contributed by atoms with van der Waals surface area (Å²) in [6.45, 7) is 10.6. The van der Waals surface area contributed by atoms with E-state index in [1.54, 1.807) is 4.68 Å². The Morgan fingerprint density at radius 1 is 0.912 bits per heavy atom. The normalized spacial score (nSPS) is 15.5. The summed E-state index contributed by atoms with van der Waals surface area (Å²) in [4.78, 5) is 24.9. The van der Waals surface area contributed by atoms with E-state index in [1.807, 2.05) is 43.9 Å². The molecule has 34 heavy (non-hydrogen) atoms. The molecular formula is C28H29N5O. The lowest BCUT2D eigenvalue weighted by molar-refractivity contribution is -0.119. The van der Waals surface area contributed by atoms with Crippen LogP contribution in [-0.4, -0.2) is 25.7 Å². The fourth-order valence-corrected chi connectivity index (χ4v) is 4.85. The van der Waals surface area contributed by atoms with Gasteiger partial charge in [-0.25, -0.2) is 9.97 Å². The Kier molecular flexibility index (Phi) is 5.52. The summed E-state index contributed by atoms with van der Waals surface area (Å²) in [5, 5.41) is 4.88. The van der Waals surface area contributed by atoms with Crippen molar-refractivity contribution in [2.75, 3.05) is 4.90 Å². The van der Waals surface area contributed by atoms with Crippen molar-refractivity contribution in [3.05, 3.63) is 99.5 Å². The van der Waals surface area contributed by atoms with Gasteiger partial charge in [0.15, 0.2) is 0 Å². The number of aryl methyl sites for hydroxylation is 5. The molecule has 1 atom stereocenters. The lowest BCUT2D eigenvalue weighted by atomic mass is 9.84. The van der Waals surface area contributed by atoms with Gasteiger partial charge in [0.25, 0.3) is 5.95 Å². The van der Waals surface area contributed by atoms with E-state index in [-0.39, 0.29) is 11.8 Å². The lowest BCUT2D eigenvalue weighted by Gasteiger charge is -2.33. The summed E-state index contributed by atoms with van der Waals surface area (Å²) in [5.41, 5.74) is 8.29. The zero-order chi connectivity index (χ0) is 24.0. The number of carbonyl (C=O) groups is 1. The molecule has 172 valence electrons. The number of hydrogen-bond donors (Lipinski definition) is 0. The summed E-state index contributed by atoms with van der Waals surface area (Å²) in [5.74, 6) is 1.28. The van der Waals surface area contributed by atoms with Gasteiger partial charge >= 0.3 is 0 Å². The molecule has 5 rings (SSSR count). The van der Waals surface area contributed by atoms with Gasteiger partial charge in [0, 0.05) is 29.3 Å². The highest BCUT2D eigenvalue weighted by molar-refractivity contribution is 5.97. The van der Waals surface area contributed by atoms with E-state index in [9.17, 15) is 4.79 Å². The van der Waals surface area contributed by atoms with Gasteiger partial charge in [0.1, 0.15) is 5.82 Å². The second-order valence-electron chi connectivity index (χ2n) is 9.26. The van der Waals surface area contributed by atoms with E-state index in [0.717, 1.165) is 45.2 Å². The maximum atomic E-state index is 13.7. The van der Waals surface area contributed by atoms with Crippen LogP contribution in [0.15, 0.2) is 54.6 Å². The molecule has 2 aromatic carbocycles. The molecule has 6 heteroatoms. The summed E-state index contributed by atoms with van der Waals surface area (Å²) in [6, 6.07) is 18.6. The van der Waals surface area contributed by atoms with Crippen LogP contribution in [-0.2, 0) is 11.3 Å². The Morgan fingerprint density at radius 3 is 2.26 bits per heavy atom. The minimum atomic E-state index is -0.0594. The van der Waals surface area contributed by atoms with E-state index in [2.05, 4.69) is 60.2 Å². The number of benzene rings is 2. The topological polar surface area (TPSA) is 63.9 Å². The summed E-state index contributed by atoms with van der Waals surface area (Å²) >= 11 is 0. The Labute approximate surface area is 200 Å². The van der Waals surface area contributed by atoms with Crippen LogP contribution in [0.4, 0.5) is 5.82 Å². The SMILES string of the molecule is Cc1ccc([C@@H]2CC(=O)N(Cc3ccccc3C)c3c2c(C)nn3-c2nc(C)cc(C)n2)cc1. The molecule has 3 heterocycles. The maximum absolute atomic E-state index is 13.7. The molecule has 4 aromatic rings. The smallest absolute Gasteiger partial charge is 0.252 e. The minimum absolute atomic E-state index is 0.0594. The van der Waals surface area contributed by atoms with Gasteiger partial charge < -0.3 is 0 Å². The molecule has 0 spiro atoms. The highest BCUT2D eigenvalue weighted by Gasteiger charge is 2.38. The van der Waals surface area contributed by atoms with Crippen LogP contribution >= 0.6 is 0 Å². The monoisotopic (exact) mass is 451 g/mol. The first kappa shape index (κ1) is 22.0. The molecule has 6 nitrogen and oxygen atoms in total. The first-order valence-electron chi connectivity index (χ1n) is 11.7. The van der Waals surface area contributed by atoms with Gasteiger partial charge in [-0.3, -0.25) is 9.69 Å². The van der Waals surface area contributed by atoms with Crippen LogP contribution in [0, 0.1) is 34.6 Å². The highest BCUT2D eigenvalue weighted by Crippen LogP contribution is 2.43. The van der Waals surface area contributed by atoms with Gasteiger partial charge in [0.05, 0.1) is 12.2 Å². The largest absolute Gasteiger partial charge is 0.292 e. The second-order valence-corrected chi connectivity index (χ2v) is 9.26. The summed E-state index contributed by atoms with van der Waals surface area (Å²) < 4.78 is 1.77. The fraction of sp³-hybridized carbons (Fsp3) is 0.286. The zero-order valence-electron chi connectivity index (χ0n) is 20.3. The van der Waals surface area contributed by atoms with Crippen molar-refractivity contribution in [2.45, 2.75) is 53.5 Å². The van der Waals surface area contributed by atoms with Crippen molar-refractivity contribution in [1.82, 2.24) is 19.7 Å². The standard InChI is InChI=1S/C28H29N5O/c1-17-10-12-22(13-11-17)24-15-25(34)32(16-23-9-7-6-8-18(23)2)27-26(24)21(5)31-33(27)28-29-19(3)14-20(4)30-28/h6-14,24H,15-16H2,1-5H3/t24-/m0/s1. The lowest BCUT2D eigenvalue weighted by Crippen LogP contribution is -2.38. The molecule has 1 aliphatic rings. The predicted octanol–water partition coefficient (Wildman–Crippen LogP) is 5.27. The van der Waals surface area contributed by atoms with Crippen molar-refractivity contribution in [2.24, 2.45) is 0 Å². The molecular weight excluding hydrogens is 422 g/mol. The first-order valence-corrected chi connectivity index (χ1v) is 11.7. The number of nitrogens with zero attached hydrogens (tertiary/aromatic N) is 5. The van der Waals surface area contributed by atoms with Crippen molar-refractivity contribution >= 4 is 11.7 Å². The number of amides is 1. The van der Waals surface area contributed by atoms with E-state index < -0.39 is 0 Å². The van der Waals surface area contributed by atoms with E-state index in [1.165, 1.54) is 5.56 Å². The van der Waals surface area contributed by atoms with Gasteiger partial charge in [-0.2, -0.15) is 9.78 Å². The van der Waals surface area contributed by atoms with Crippen LogP contribution in [0.2, 0.25) is 0 Å². The number of rotatable bonds is 4. The molecule has 0 radical (unpaired) electrons. The number of carbonyl (C=O) groups excluding carboxylic acids is 1. The molecule has 0 fully saturated rings. The average molecular weight is 452 g/mol. The zero-order valence-corrected chi connectivity index (χ0v) is 20.3. The Hall–Kier alpha value is -3.80. The second kappa shape index (κ2) is 8.52. The molecule has 0 unspecified atom stereocenters. The first-order chi connectivity index (χ1) is 16.3. The van der Waals surface area contributed by atoms with Crippen molar-refractivity contribution in [3.8, 4) is 5.95 Å². The van der Waals surface area contributed by atoms with Crippen LogP contribution in [0.3, 0.4) is 0 Å². The molecule has 0 N–H and O–H groups in total. The summed E-state index contributed by atoms with van der Waals surface area (Å²) in [6.07, 6.45) is 0.405. The highest BCUT2D eigenvalue weighted by atomic mass is 16.2. The van der Waals surface area contributed by atoms with Crippen LogP contribution in [0.1, 0.15) is 57.2 Å². The number of fused-ring (bicyclic) bond motifs is 1. The summed E-state index contributed by atoms with van der Waals surface area (Å²) in [7, 11) is 0. The van der Waals surface area contributed by atoms with Crippen LogP contribution < -0.4 is 4.90 Å². The Bertz CT molecular complexity index is 1370. The molecule has 0 bridgehead atoms. The molecule has 0 aliphatic carbocycles. The van der Waals surface area contributed by atoms with Crippen LogP contribution in [0.25, 0.3) is 5.95 Å². The van der Waals surface area contributed by atoms with Crippen molar-refractivity contribution in [3.63, 3.8) is 0 Å².